The zero-order valence-electron chi connectivity index (χ0n) is 14.3. The van der Waals surface area contributed by atoms with Crippen molar-refractivity contribution >= 4 is 17.5 Å². The Balaban J connectivity index is 1.50. The van der Waals surface area contributed by atoms with Crippen molar-refractivity contribution in [2.24, 2.45) is 0 Å². The molecule has 7 heteroatoms. The van der Waals surface area contributed by atoms with Gasteiger partial charge in [0, 0.05) is 28.9 Å². The molecule has 0 saturated carbocycles. The molecule has 1 aromatic carbocycles. The highest BCUT2D eigenvalue weighted by molar-refractivity contribution is 7.98. The number of aromatic nitrogens is 6. The fraction of sp³-hybridized carbons (Fsp3) is 0.222. The smallest absolute Gasteiger partial charge is 0.234 e. The second kappa shape index (κ2) is 6.33. The third-order valence-corrected chi connectivity index (χ3v) is 4.83. The minimum atomic E-state index is 0.701. The van der Waals surface area contributed by atoms with Gasteiger partial charge < -0.3 is 0 Å². The zero-order chi connectivity index (χ0) is 17.4. The van der Waals surface area contributed by atoms with Gasteiger partial charge in [-0.1, -0.05) is 41.6 Å². The van der Waals surface area contributed by atoms with E-state index in [-0.39, 0.29) is 0 Å². The summed E-state index contributed by atoms with van der Waals surface area (Å²) in [6, 6.07) is 10.3. The molecule has 3 aromatic heterocycles. The van der Waals surface area contributed by atoms with Crippen LogP contribution in [0.25, 0.3) is 17.2 Å². The van der Waals surface area contributed by atoms with Crippen LogP contribution in [0.1, 0.15) is 22.6 Å². The molecule has 0 saturated heterocycles. The maximum atomic E-state index is 4.59. The third kappa shape index (κ3) is 3.28. The lowest BCUT2D eigenvalue weighted by atomic mass is 10.1. The third-order valence-electron chi connectivity index (χ3n) is 3.95. The minimum absolute atomic E-state index is 0.701. The second-order valence-electron chi connectivity index (χ2n) is 6.06. The highest BCUT2D eigenvalue weighted by atomic mass is 32.2. The Kier molecular flexibility index (Phi) is 4.01. The van der Waals surface area contributed by atoms with Crippen LogP contribution in [-0.4, -0.2) is 29.5 Å². The highest BCUT2D eigenvalue weighted by Crippen LogP contribution is 2.22. The van der Waals surface area contributed by atoms with Crippen LogP contribution in [0.4, 0.5) is 0 Å². The molecule has 0 fully saturated rings. The monoisotopic (exact) mass is 350 g/mol. The number of aromatic amines is 1. The summed E-state index contributed by atoms with van der Waals surface area (Å²) in [7, 11) is 0. The maximum Gasteiger partial charge on any atom is 0.234 e. The Bertz CT molecular complexity index is 1030. The van der Waals surface area contributed by atoms with Crippen LogP contribution in [-0.2, 0) is 5.75 Å². The fourth-order valence-electron chi connectivity index (χ4n) is 2.68. The van der Waals surface area contributed by atoms with Crippen molar-refractivity contribution in [3.63, 3.8) is 0 Å². The largest absolute Gasteiger partial charge is 0.288 e. The number of fused-ring (bicyclic) bond motifs is 1. The summed E-state index contributed by atoms with van der Waals surface area (Å²) in [5.41, 5.74) is 5.34. The molecule has 0 aliphatic carbocycles. The first kappa shape index (κ1) is 15.8. The average molecular weight is 350 g/mol. The van der Waals surface area contributed by atoms with E-state index in [9.17, 15) is 0 Å². The van der Waals surface area contributed by atoms with Crippen molar-refractivity contribution in [3.8, 4) is 11.4 Å². The highest BCUT2D eigenvalue weighted by Gasteiger charge is 2.10. The SMILES string of the molecule is Cc1ccc(-c2nc(SCc3cn4c(C)cc(C)nc4n3)n[nH]2)cc1. The van der Waals surface area contributed by atoms with Crippen LogP contribution in [0, 0.1) is 20.8 Å². The number of nitrogens with one attached hydrogen (secondary N) is 1. The summed E-state index contributed by atoms with van der Waals surface area (Å²) in [6.07, 6.45) is 2.03. The van der Waals surface area contributed by atoms with Gasteiger partial charge in [-0.2, -0.15) is 0 Å². The van der Waals surface area contributed by atoms with Crippen molar-refractivity contribution in [1.29, 1.82) is 0 Å². The molecule has 1 N–H and O–H groups in total. The quantitative estimate of drug-likeness (QED) is 0.568. The van der Waals surface area contributed by atoms with Crippen molar-refractivity contribution in [1.82, 2.24) is 29.5 Å². The van der Waals surface area contributed by atoms with Gasteiger partial charge in [0.25, 0.3) is 0 Å². The van der Waals surface area contributed by atoms with Crippen molar-refractivity contribution in [2.45, 2.75) is 31.7 Å². The van der Waals surface area contributed by atoms with E-state index < -0.39 is 0 Å². The number of hydrogen-bond acceptors (Lipinski definition) is 5. The van der Waals surface area contributed by atoms with E-state index in [0.29, 0.717) is 10.9 Å². The van der Waals surface area contributed by atoms with Crippen molar-refractivity contribution in [3.05, 3.63) is 59.2 Å². The molecule has 0 atom stereocenters. The summed E-state index contributed by atoms with van der Waals surface area (Å²) >= 11 is 1.56. The number of rotatable bonds is 4. The van der Waals surface area contributed by atoms with Crippen LogP contribution in [0.15, 0.2) is 41.7 Å². The fourth-order valence-corrected chi connectivity index (χ4v) is 3.36. The van der Waals surface area contributed by atoms with Crippen LogP contribution >= 0.6 is 11.8 Å². The Labute approximate surface area is 149 Å². The lowest BCUT2D eigenvalue weighted by Crippen LogP contribution is -1.94. The molecule has 4 aromatic rings. The van der Waals surface area contributed by atoms with E-state index in [2.05, 4.69) is 57.2 Å². The summed E-state index contributed by atoms with van der Waals surface area (Å²) in [5.74, 6) is 2.22. The van der Waals surface area contributed by atoms with Crippen LogP contribution < -0.4 is 0 Å². The number of aryl methyl sites for hydroxylation is 3. The van der Waals surface area contributed by atoms with Gasteiger partial charge in [0.1, 0.15) is 0 Å². The number of H-pyrrole nitrogens is 1. The van der Waals surface area contributed by atoms with Crippen molar-refractivity contribution in [2.75, 3.05) is 0 Å². The molecule has 0 aliphatic rings. The lowest BCUT2D eigenvalue weighted by Gasteiger charge is -1.98. The number of benzene rings is 1. The molecular formula is C18H18N6S. The molecule has 0 bridgehead atoms. The first-order chi connectivity index (χ1) is 12.1. The van der Waals surface area contributed by atoms with E-state index in [1.165, 1.54) is 5.56 Å². The van der Waals surface area contributed by atoms with Gasteiger partial charge in [-0.15, -0.1) is 5.10 Å². The van der Waals surface area contributed by atoms with E-state index in [1.807, 2.05) is 29.7 Å². The van der Waals surface area contributed by atoms with E-state index in [1.54, 1.807) is 11.8 Å². The molecular weight excluding hydrogens is 332 g/mol. The normalized spacial score (nSPS) is 11.3. The van der Waals surface area contributed by atoms with Gasteiger partial charge in [-0.25, -0.2) is 15.0 Å². The van der Waals surface area contributed by atoms with Gasteiger partial charge in [-0.05, 0) is 26.8 Å². The van der Waals surface area contributed by atoms with Gasteiger partial charge in [0.2, 0.25) is 10.9 Å². The molecule has 4 rings (SSSR count). The van der Waals surface area contributed by atoms with Gasteiger partial charge >= 0.3 is 0 Å². The zero-order valence-corrected chi connectivity index (χ0v) is 15.1. The van der Waals surface area contributed by atoms with Gasteiger partial charge in [0.05, 0.1) is 5.69 Å². The lowest BCUT2D eigenvalue weighted by molar-refractivity contribution is 0.972. The van der Waals surface area contributed by atoms with Gasteiger partial charge in [-0.3, -0.25) is 9.50 Å². The number of thioether (sulfide) groups is 1. The predicted octanol–water partition coefficient (Wildman–Crippen LogP) is 3.73. The molecule has 126 valence electrons. The average Bonchev–Trinajstić information content (AvgIpc) is 3.20. The molecule has 6 nitrogen and oxygen atoms in total. The minimum Gasteiger partial charge on any atom is -0.288 e. The molecule has 0 unspecified atom stereocenters. The Morgan fingerprint density at radius 1 is 1.04 bits per heavy atom. The van der Waals surface area contributed by atoms with Crippen molar-refractivity contribution < 1.29 is 0 Å². The molecule has 0 amide bonds. The van der Waals surface area contributed by atoms with E-state index in [4.69, 9.17) is 0 Å². The molecule has 0 radical (unpaired) electrons. The summed E-state index contributed by atoms with van der Waals surface area (Å²) in [6.45, 7) is 6.11. The first-order valence-electron chi connectivity index (χ1n) is 8.03. The summed E-state index contributed by atoms with van der Waals surface area (Å²) in [5, 5.41) is 8.01. The molecule has 3 heterocycles. The van der Waals surface area contributed by atoms with Crippen LogP contribution in [0.3, 0.4) is 0 Å². The topological polar surface area (TPSA) is 71.8 Å². The Morgan fingerprint density at radius 2 is 1.84 bits per heavy atom. The predicted molar refractivity (Wildman–Crippen MR) is 98.6 cm³/mol. The number of imidazole rings is 1. The number of hydrogen-bond donors (Lipinski definition) is 1. The van der Waals surface area contributed by atoms with E-state index >= 15 is 0 Å². The van der Waals surface area contributed by atoms with Crippen LogP contribution in [0.5, 0.6) is 0 Å². The molecule has 0 aliphatic heterocycles. The second-order valence-corrected chi connectivity index (χ2v) is 7.00. The standard InChI is InChI=1S/C18H18N6S/c1-11-4-6-14(7-5-11)16-21-18(23-22-16)25-10-15-9-24-13(3)8-12(2)19-17(24)20-15/h4-9H,10H2,1-3H3,(H,21,22,23). The Morgan fingerprint density at radius 3 is 2.64 bits per heavy atom. The number of nitrogens with zero attached hydrogens (tertiary/aromatic N) is 5. The summed E-state index contributed by atoms with van der Waals surface area (Å²) in [4.78, 5) is 13.6. The van der Waals surface area contributed by atoms with Crippen LogP contribution in [0.2, 0.25) is 0 Å². The summed E-state index contributed by atoms with van der Waals surface area (Å²) < 4.78 is 2.01. The maximum absolute atomic E-state index is 4.59. The van der Waals surface area contributed by atoms with E-state index in [0.717, 1.165) is 34.2 Å². The molecule has 25 heavy (non-hydrogen) atoms. The Hall–Kier alpha value is -2.67. The first-order valence-corrected chi connectivity index (χ1v) is 9.01. The van der Waals surface area contributed by atoms with Gasteiger partial charge in [0.15, 0.2) is 5.82 Å². The molecule has 0 spiro atoms.